The van der Waals surface area contributed by atoms with Crippen molar-refractivity contribution in [3.63, 3.8) is 0 Å². The SMILES string of the molecule is [C-]#[N+]C[C@H]1CN(c2nc(OC[C@@H]3CCCN3C)nc3c2CCN(c2cccc4cccc(C)c24)C3)CCN1C(=O)C1=CC(=O)CC1. The summed E-state index contributed by atoms with van der Waals surface area (Å²) in [5, 5.41) is 2.50. The molecule has 46 heavy (non-hydrogen) atoms. The lowest BCUT2D eigenvalue weighted by atomic mass is 9.99. The van der Waals surface area contributed by atoms with E-state index in [1.165, 1.54) is 28.1 Å². The van der Waals surface area contributed by atoms with Crippen LogP contribution >= 0.6 is 0 Å². The lowest BCUT2D eigenvalue weighted by Crippen LogP contribution is -2.57. The maximum absolute atomic E-state index is 13.4. The zero-order valence-corrected chi connectivity index (χ0v) is 26.7. The van der Waals surface area contributed by atoms with Gasteiger partial charge in [-0.2, -0.15) is 9.97 Å². The van der Waals surface area contributed by atoms with Gasteiger partial charge in [0.15, 0.2) is 5.78 Å². The molecule has 0 N–H and O–H groups in total. The van der Waals surface area contributed by atoms with Gasteiger partial charge in [-0.05, 0) is 69.3 Å². The van der Waals surface area contributed by atoms with E-state index in [1.54, 1.807) is 4.90 Å². The van der Waals surface area contributed by atoms with E-state index in [9.17, 15) is 9.59 Å². The number of nitrogens with zero attached hydrogens (tertiary/aromatic N) is 7. The maximum Gasteiger partial charge on any atom is 0.318 e. The molecule has 0 unspecified atom stereocenters. The van der Waals surface area contributed by atoms with Gasteiger partial charge in [-0.3, -0.25) is 9.59 Å². The maximum atomic E-state index is 13.4. The zero-order valence-electron chi connectivity index (χ0n) is 26.7. The molecular formula is C36H41N7O3. The third-order valence-corrected chi connectivity index (χ3v) is 10.1. The minimum atomic E-state index is -0.295. The Morgan fingerprint density at radius 2 is 1.87 bits per heavy atom. The number of rotatable bonds is 7. The number of likely N-dealkylation sites (N-methyl/N-ethyl adjacent to an activating group) is 1. The molecule has 10 heteroatoms. The van der Waals surface area contributed by atoms with E-state index in [2.05, 4.69) is 69.9 Å². The van der Waals surface area contributed by atoms with Crippen molar-refractivity contribution in [3.05, 3.63) is 76.3 Å². The van der Waals surface area contributed by atoms with Crippen LogP contribution in [0.5, 0.6) is 6.01 Å². The Morgan fingerprint density at radius 1 is 1.02 bits per heavy atom. The van der Waals surface area contributed by atoms with Crippen LogP contribution in [0.1, 0.15) is 42.5 Å². The first-order valence-electron chi connectivity index (χ1n) is 16.5. The van der Waals surface area contributed by atoms with Gasteiger partial charge in [0.05, 0.1) is 12.2 Å². The molecule has 4 aliphatic rings. The summed E-state index contributed by atoms with van der Waals surface area (Å²) in [5.41, 5.74) is 5.10. The van der Waals surface area contributed by atoms with Crippen LogP contribution < -0.4 is 14.5 Å². The number of fused-ring (bicyclic) bond motifs is 2. The van der Waals surface area contributed by atoms with Crippen LogP contribution in [0.15, 0.2) is 48.0 Å². The third-order valence-electron chi connectivity index (χ3n) is 10.1. The molecule has 1 aliphatic carbocycles. The second-order valence-corrected chi connectivity index (χ2v) is 13.0. The number of likely N-dealkylation sites (tertiary alicyclic amines) is 1. The molecule has 1 amide bonds. The lowest BCUT2D eigenvalue weighted by Gasteiger charge is -2.41. The number of allylic oxidation sites excluding steroid dienone is 1. The van der Waals surface area contributed by atoms with Crippen molar-refractivity contribution in [2.24, 2.45) is 0 Å². The summed E-state index contributed by atoms with van der Waals surface area (Å²) in [6.45, 7) is 14.6. The van der Waals surface area contributed by atoms with E-state index in [4.69, 9.17) is 21.3 Å². The van der Waals surface area contributed by atoms with Crippen molar-refractivity contribution in [1.82, 2.24) is 19.8 Å². The van der Waals surface area contributed by atoms with Crippen LogP contribution in [0.3, 0.4) is 0 Å². The van der Waals surface area contributed by atoms with E-state index in [1.807, 2.05) is 0 Å². The molecule has 2 fully saturated rings. The first kappa shape index (κ1) is 30.2. The number of carbonyl (C=O) groups excluding carboxylic acids is 2. The molecule has 0 bridgehead atoms. The first-order valence-corrected chi connectivity index (χ1v) is 16.5. The molecule has 3 aliphatic heterocycles. The highest BCUT2D eigenvalue weighted by molar-refractivity contribution is 6.05. The van der Waals surface area contributed by atoms with Crippen molar-refractivity contribution in [2.75, 3.05) is 62.7 Å². The summed E-state index contributed by atoms with van der Waals surface area (Å²) in [4.78, 5) is 47.8. The van der Waals surface area contributed by atoms with E-state index >= 15 is 0 Å². The second kappa shape index (κ2) is 12.7. The lowest BCUT2D eigenvalue weighted by molar-refractivity contribution is -0.129. The predicted molar refractivity (Wildman–Crippen MR) is 178 cm³/mol. The number of hydrogen-bond acceptors (Lipinski definition) is 8. The predicted octanol–water partition coefficient (Wildman–Crippen LogP) is 4.20. The molecule has 7 rings (SSSR count). The molecule has 10 nitrogen and oxygen atoms in total. The second-order valence-electron chi connectivity index (χ2n) is 13.0. The average molecular weight is 620 g/mol. The fraction of sp³-hybridized carbons (Fsp3) is 0.472. The van der Waals surface area contributed by atoms with Crippen LogP contribution in [0, 0.1) is 13.5 Å². The number of piperazine rings is 1. The number of ether oxygens (including phenoxy) is 1. The summed E-state index contributed by atoms with van der Waals surface area (Å²) in [6, 6.07) is 13.4. The Labute approximate surface area is 270 Å². The van der Waals surface area contributed by atoms with Crippen LogP contribution in [-0.4, -0.2) is 96.5 Å². The van der Waals surface area contributed by atoms with Crippen molar-refractivity contribution in [2.45, 2.75) is 57.7 Å². The fourth-order valence-electron chi connectivity index (χ4n) is 7.58. The Hall–Kier alpha value is -4.49. The van der Waals surface area contributed by atoms with Crippen LogP contribution in [-0.2, 0) is 22.6 Å². The monoisotopic (exact) mass is 619 g/mol. The number of aromatic nitrogens is 2. The van der Waals surface area contributed by atoms with Gasteiger partial charge >= 0.3 is 6.01 Å². The van der Waals surface area contributed by atoms with Gasteiger partial charge in [0, 0.05) is 60.9 Å². The number of anilines is 2. The number of carbonyl (C=O) groups is 2. The van der Waals surface area contributed by atoms with E-state index in [0.29, 0.717) is 63.3 Å². The normalized spacial score (nSPS) is 21.8. The van der Waals surface area contributed by atoms with Gasteiger partial charge in [-0.1, -0.05) is 30.3 Å². The number of benzene rings is 2. The summed E-state index contributed by atoms with van der Waals surface area (Å²) >= 11 is 0. The highest BCUT2D eigenvalue weighted by Gasteiger charge is 2.37. The molecule has 2 aromatic carbocycles. The average Bonchev–Trinajstić information content (AvgIpc) is 3.70. The van der Waals surface area contributed by atoms with Gasteiger partial charge in [-0.25, -0.2) is 6.57 Å². The summed E-state index contributed by atoms with van der Waals surface area (Å²) in [7, 11) is 2.14. The van der Waals surface area contributed by atoms with Crippen LogP contribution in [0.4, 0.5) is 11.5 Å². The Balaban J connectivity index is 1.20. The highest BCUT2D eigenvalue weighted by Crippen LogP contribution is 2.36. The van der Waals surface area contributed by atoms with Gasteiger partial charge in [0.1, 0.15) is 18.5 Å². The third kappa shape index (κ3) is 5.80. The molecule has 0 radical (unpaired) electrons. The van der Waals surface area contributed by atoms with Crippen LogP contribution in [0.25, 0.3) is 15.6 Å². The number of hydrogen-bond donors (Lipinski definition) is 0. The molecule has 2 atom stereocenters. The van der Waals surface area contributed by atoms with E-state index in [0.717, 1.165) is 49.4 Å². The molecule has 1 aromatic heterocycles. The van der Waals surface area contributed by atoms with E-state index < -0.39 is 0 Å². The largest absolute Gasteiger partial charge is 0.462 e. The highest BCUT2D eigenvalue weighted by atomic mass is 16.5. The topological polar surface area (TPSA) is 86.5 Å². The van der Waals surface area contributed by atoms with Crippen molar-refractivity contribution < 1.29 is 14.3 Å². The molecule has 4 heterocycles. The number of amides is 1. The molecule has 2 saturated heterocycles. The van der Waals surface area contributed by atoms with Crippen molar-refractivity contribution in [3.8, 4) is 6.01 Å². The number of aryl methyl sites for hydroxylation is 1. The first-order chi connectivity index (χ1) is 22.4. The van der Waals surface area contributed by atoms with Gasteiger partial charge in [0.2, 0.25) is 6.54 Å². The molecule has 238 valence electrons. The zero-order chi connectivity index (χ0) is 31.8. The molecular weight excluding hydrogens is 578 g/mol. The van der Waals surface area contributed by atoms with Gasteiger partial charge < -0.3 is 29.2 Å². The molecule has 3 aromatic rings. The molecule has 0 saturated carbocycles. The minimum Gasteiger partial charge on any atom is -0.462 e. The Bertz CT molecular complexity index is 1740. The van der Waals surface area contributed by atoms with Gasteiger partial charge in [0.25, 0.3) is 5.91 Å². The van der Waals surface area contributed by atoms with Crippen molar-refractivity contribution in [1.29, 1.82) is 0 Å². The quantitative estimate of drug-likeness (QED) is 0.364. The molecule has 0 spiro atoms. The summed E-state index contributed by atoms with van der Waals surface area (Å²) in [5.74, 6) is 0.737. The smallest absolute Gasteiger partial charge is 0.318 e. The summed E-state index contributed by atoms with van der Waals surface area (Å²) in [6.07, 6.45) is 5.39. The Morgan fingerprint density at radius 3 is 2.63 bits per heavy atom. The fourth-order valence-corrected chi connectivity index (χ4v) is 7.58. The van der Waals surface area contributed by atoms with Gasteiger partial charge in [-0.15, -0.1) is 0 Å². The Kier molecular flexibility index (Phi) is 8.34. The van der Waals surface area contributed by atoms with Crippen LogP contribution in [0.2, 0.25) is 0 Å². The number of ketones is 1. The van der Waals surface area contributed by atoms with Crippen molar-refractivity contribution >= 4 is 34.0 Å². The summed E-state index contributed by atoms with van der Waals surface area (Å²) < 4.78 is 6.34. The van der Waals surface area contributed by atoms with E-state index in [-0.39, 0.29) is 24.3 Å². The standard InChI is InChI=1S/C36H41N7O3/c1-24-7-4-8-25-9-5-11-32(33(24)25)41-16-14-30-31(22-41)38-36(46-23-27-10-6-15-40(27)3)39-34(30)42-17-18-43(28(21-42)20-37-2)35(45)26-12-13-29(44)19-26/h4-5,7-9,11,19,27-28H,6,10,12-18,20-23H2,1,3H3/t27-,28-/m0/s1. The minimum absolute atomic E-state index is 0.000333.